The van der Waals surface area contributed by atoms with Gasteiger partial charge in [-0.15, -0.1) is 11.3 Å². The summed E-state index contributed by atoms with van der Waals surface area (Å²) in [6.07, 6.45) is 0. The van der Waals surface area contributed by atoms with Crippen LogP contribution in [0.25, 0.3) is 0 Å². The van der Waals surface area contributed by atoms with Crippen molar-refractivity contribution in [1.29, 1.82) is 0 Å². The van der Waals surface area contributed by atoms with Crippen molar-refractivity contribution in [3.05, 3.63) is 20.8 Å². The van der Waals surface area contributed by atoms with Crippen LogP contribution in [0.2, 0.25) is 5.02 Å². The number of carbonyl (C=O) groups excluding carboxylic acids is 1. The molecule has 1 amide bonds. The molecule has 0 aliphatic heterocycles. The second-order valence-corrected chi connectivity index (χ2v) is 5.74. The molecule has 0 bridgehead atoms. The SMILES string of the molecule is Cc1csc(C(=O)N(CCN(C)C)CC(=O)O)c1Cl. The molecule has 19 heavy (non-hydrogen) atoms. The number of hydrogen-bond donors (Lipinski definition) is 1. The molecule has 0 aliphatic rings. The topological polar surface area (TPSA) is 60.9 Å². The summed E-state index contributed by atoms with van der Waals surface area (Å²) in [5, 5.41) is 11.1. The van der Waals surface area contributed by atoms with Crippen molar-refractivity contribution in [2.24, 2.45) is 0 Å². The molecule has 0 atom stereocenters. The Morgan fingerprint density at radius 1 is 1.37 bits per heavy atom. The van der Waals surface area contributed by atoms with Crippen LogP contribution in [-0.2, 0) is 4.79 Å². The normalized spacial score (nSPS) is 10.8. The number of rotatable bonds is 6. The van der Waals surface area contributed by atoms with E-state index in [1.54, 1.807) is 5.38 Å². The van der Waals surface area contributed by atoms with Gasteiger partial charge in [-0.25, -0.2) is 0 Å². The fourth-order valence-corrected chi connectivity index (χ4v) is 2.69. The van der Waals surface area contributed by atoms with Crippen LogP contribution in [0, 0.1) is 6.92 Å². The van der Waals surface area contributed by atoms with E-state index in [0.29, 0.717) is 23.0 Å². The zero-order valence-corrected chi connectivity index (χ0v) is 12.7. The standard InChI is InChI=1S/C12H17ClN2O3S/c1-8-7-19-11(10(8)13)12(18)15(6-9(16)17)5-4-14(2)3/h7H,4-6H2,1-3H3,(H,16,17). The van der Waals surface area contributed by atoms with Gasteiger partial charge in [-0.05, 0) is 32.0 Å². The quantitative estimate of drug-likeness (QED) is 0.870. The molecule has 0 spiro atoms. The monoisotopic (exact) mass is 304 g/mol. The van der Waals surface area contributed by atoms with Gasteiger partial charge in [0.1, 0.15) is 11.4 Å². The molecule has 7 heteroatoms. The van der Waals surface area contributed by atoms with Gasteiger partial charge < -0.3 is 14.9 Å². The molecule has 1 heterocycles. The van der Waals surface area contributed by atoms with Crippen LogP contribution in [-0.4, -0.2) is 60.5 Å². The maximum absolute atomic E-state index is 12.3. The van der Waals surface area contributed by atoms with E-state index in [-0.39, 0.29) is 12.5 Å². The molecule has 0 aliphatic carbocycles. The number of carboxylic acids is 1. The molecule has 1 aromatic heterocycles. The van der Waals surface area contributed by atoms with Crippen LogP contribution in [0.15, 0.2) is 5.38 Å². The van der Waals surface area contributed by atoms with E-state index in [4.69, 9.17) is 16.7 Å². The number of nitrogens with zero attached hydrogens (tertiary/aromatic N) is 2. The second kappa shape index (κ2) is 6.88. The number of carbonyl (C=O) groups is 2. The molecule has 0 unspecified atom stereocenters. The summed E-state index contributed by atoms with van der Waals surface area (Å²) in [4.78, 5) is 26.7. The summed E-state index contributed by atoms with van der Waals surface area (Å²) >= 11 is 7.30. The van der Waals surface area contributed by atoms with E-state index < -0.39 is 5.97 Å². The Morgan fingerprint density at radius 3 is 2.42 bits per heavy atom. The molecule has 1 aromatic rings. The Hall–Kier alpha value is -1.11. The summed E-state index contributed by atoms with van der Waals surface area (Å²) in [6, 6.07) is 0. The van der Waals surface area contributed by atoms with Gasteiger partial charge in [-0.3, -0.25) is 9.59 Å². The average molecular weight is 305 g/mol. The van der Waals surface area contributed by atoms with Crippen molar-refractivity contribution in [1.82, 2.24) is 9.80 Å². The van der Waals surface area contributed by atoms with Gasteiger partial charge >= 0.3 is 5.97 Å². The molecule has 1 N–H and O–H groups in total. The lowest BCUT2D eigenvalue weighted by molar-refractivity contribution is -0.137. The minimum absolute atomic E-state index is 0.319. The summed E-state index contributed by atoms with van der Waals surface area (Å²) in [5.74, 6) is -1.36. The number of carboxylic acid groups (broad SMARTS) is 1. The number of hydrogen-bond acceptors (Lipinski definition) is 4. The molecular formula is C12H17ClN2O3S. The van der Waals surface area contributed by atoms with E-state index in [1.165, 1.54) is 16.2 Å². The summed E-state index contributed by atoms with van der Waals surface area (Å²) in [7, 11) is 3.73. The molecule has 0 saturated carbocycles. The maximum atomic E-state index is 12.3. The van der Waals surface area contributed by atoms with Crippen molar-refractivity contribution in [2.75, 3.05) is 33.7 Å². The van der Waals surface area contributed by atoms with Gasteiger partial charge in [0.2, 0.25) is 0 Å². The smallest absolute Gasteiger partial charge is 0.323 e. The Bertz CT molecular complexity index is 474. The number of aliphatic carboxylic acids is 1. The first-order valence-corrected chi connectivity index (χ1v) is 6.98. The fraction of sp³-hybridized carbons (Fsp3) is 0.500. The summed E-state index contributed by atoms with van der Waals surface area (Å²) in [5.41, 5.74) is 0.831. The van der Waals surface area contributed by atoms with Crippen LogP contribution in [0.5, 0.6) is 0 Å². The molecule has 0 fully saturated rings. The van der Waals surface area contributed by atoms with E-state index in [2.05, 4.69) is 0 Å². The van der Waals surface area contributed by atoms with E-state index in [9.17, 15) is 9.59 Å². The number of aryl methyl sites for hydroxylation is 1. The molecule has 106 valence electrons. The largest absolute Gasteiger partial charge is 0.480 e. The molecule has 5 nitrogen and oxygen atoms in total. The van der Waals surface area contributed by atoms with Crippen LogP contribution in [0.3, 0.4) is 0 Å². The minimum Gasteiger partial charge on any atom is -0.480 e. The average Bonchev–Trinajstić information content (AvgIpc) is 2.64. The molecule has 0 radical (unpaired) electrons. The minimum atomic E-state index is -1.03. The van der Waals surface area contributed by atoms with Crippen molar-refractivity contribution >= 4 is 34.8 Å². The summed E-state index contributed by atoms with van der Waals surface area (Å²) in [6.45, 7) is 2.45. The molecular weight excluding hydrogens is 288 g/mol. The highest BCUT2D eigenvalue weighted by atomic mass is 35.5. The third kappa shape index (κ3) is 4.49. The van der Waals surface area contributed by atoms with Crippen molar-refractivity contribution < 1.29 is 14.7 Å². The zero-order chi connectivity index (χ0) is 14.6. The Morgan fingerprint density at radius 2 is 2.00 bits per heavy atom. The van der Waals surface area contributed by atoms with Crippen LogP contribution in [0.4, 0.5) is 0 Å². The predicted molar refractivity (Wildman–Crippen MR) is 76.2 cm³/mol. The first-order chi connectivity index (χ1) is 8.82. The first kappa shape index (κ1) is 15.9. The van der Waals surface area contributed by atoms with Crippen molar-refractivity contribution in [2.45, 2.75) is 6.92 Å². The third-order valence-electron chi connectivity index (χ3n) is 2.52. The summed E-state index contributed by atoms with van der Waals surface area (Å²) < 4.78 is 0. The lowest BCUT2D eigenvalue weighted by Crippen LogP contribution is -2.39. The van der Waals surface area contributed by atoms with Gasteiger partial charge in [0.15, 0.2) is 0 Å². The Balaban J connectivity index is 2.87. The number of amides is 1. The highest BCUT2D eigenvalue weighted by molar-refractivity contribution is 7.13. The van der Waals surface area contributed by atoms with E-state index in [0.717, 1.165) is 5.56 Å². The zero-order valence-electron chi connectivity index (χ0n) is 11.1. The maximum Gasteiger partial charge on any atom is 0.323 e. The van der Waals surface area contributed by atoms with Gasteiger partial charge in [-0.1, -0.05) is 11.6 Å². The molecule has 0 saturated heterocycles. The van der Waals surface area contributed by atoms with Gasteiger partial charge in [0.05, 0.1) is 5.02 Å². The lowest BCUT2D eigenvalue weighted by Gasteiger charge is -2.22. The lowest BCUT2D eigenvalue weighted by atomic mass is 10.3. The number of likely N-dealkylation sites (N-methyl/N-ethyl adjacent to an activating group) is 1. The van der Waals surface area contributed by atoms with Crippen LogP contribution < -0.4 is 0 Å². The Kier molecular flexibility index (Phi) is 5.78. The fourth-order valence-electron chi connectivity index (χ4n) is 1.45. The number of thiophene rings is 1. The highest BCUT2D eigenvalue weighted by Gasteiger charge is 2.22. The third-order valence-corrected chi connectivity index (χ3v) is 4.21. The van der Waals surface area contributed by atoms with Gasteiger partial charge in [0.25, 0.3) is 5.91 Å². The van der Waals surface area contributed by atoms with Crippen molar-refractivity contribution in [3.8, 4) is 0 Å². The Labute approximate surface area is 121 Å². The number of halogens is 1. The second-order valence-electron chi connectivity index (χ2n) is 4.49. The predicted octanol–water partition coefficient (Wildman–Crippen LogP) is 1.80. The molecule has 0 aromatic carbocycles. The van der Waals surface area contributed by atoms with Crippen LogP contribution >= 0.6 is 22.9 Å². The van der Waals surface area contributed by atoms with Gasteiger partial charge in [0, 0.05) is 13.1 Å². The van der Waals surface area contributed by atoms with Crippen LogP contribution in [0.1, 0.15) is 15.2 Å². The highest BCUT2D eigenvalue weighted by Crippen LogP contribution is 2.28. The van der Waals surface area contributed by atoms with Gasteiger partial charge in [-0.2, -0.15) is 0 Å². The van der Waals surface area contributed by atoms with E-state index in [1.807, 2.05) is 25.9 Å². The molecule has 1 rings (SSSR count). The first-order valence-electron chi connectivity index (χ1n) is 5.72. The van der Waals surface area contributed by atoms with E-state index >= 15 is 0 Å². The van der Waals surface area contributed by atoms with Crippen molar-refractivity contribution in [3.63, 3.8) is 0 Å².